The van der Waals surface area contributed by atoms with Crippen molar-refractivity contribution in [2.45, 2.75) is 58.1 Å². The SMILES string of the molecule is CC(C)[C@H](C(=O)OC[C@H]1CCCCO1)N1CCCC1=O. The summed E-state index contributed by atoms with van der Waals surface area (Å²) in [6.45, 7) is 5.63. The van der Waals surface area contributed by atoms with Crippen LogP contribution >= 0.6 is 0 Å². The minimum atomic E-state index is -0.450. The van der Waals surface area contributed by atoms with Crippen LogP contribution in [-0.2, 0) is 19.1 Å². The van der Waals surface area contributed by atoms with Crippen molar-refractivity contribution in [3.8, 4) is 0 Å². The zero-order valence-corrected chi connectivity index (χ0v) is 12.5. The number of rotatable bonds is 5. The molecule has 0 saturated carbocycles. The van der Waals surface area contributed by atoms with Gasteiger partial charge in [0, 0.05) is 19.6 Å². The van der Waals surface area contributed by atoms with E-state index in [4.69, 9.17) is 9.47 Å². The molecule has 0 spiro atoms. The first-order valence-corrected chi connectivity index (χ1v) is 7.67. The average Bonchev–Trinajstić information content (AvgIpc) is 2.84. The van der Waals surface area contributed by atoms with Gasteiger partial charge in [-0.3, -0.25) is 4.79 Å². The van der Waals surface area contributed by atoms with Crippen LogP contribution < -0.4 is 0 Å². The first kappa shape index (κ1) is 15.3. The van der Waals surface area contributed by atoms with Crippen LogP contribution in [0.4, 0.5) is 0 Å². The van der Waals surface area contributed by atoms with Crippen molar-refractivity contribution < 1.29 is 19.1 Å². The number of carbonyl (C=O) groups is 2. The molecular weight excluding hydrogens is 258 g/mol. The molecule has 2 saturated heterocycles. The Labute approximate surface area is 120 Å². The molecule has 0 radical (unpaired) electrons. The molecule has 5 heteroatoms. The Bertz CT molecular complexity index is 350. The Morgan fingerprint density at radius 3 is 2.75 bits per heavy atom. The summed E-state index contributed by atoms with van der Waals surface area (Å²) >= 11 is 0. The zero-order valence-electron chi connectivity index (χ0n) is 12.5. The van der Waals surface area contributed by atoms with Crippen LogP contribution in [0, 0.1) is 5.92 Å². The summed E-state index contributed by atoms with van der Waals surface area (Å²) in [6.07, 6.45) is 4.56. The smallest absolute Gasteiger partial charge is 0.329 e. The second-order valence-corrected chi connectivity index (χ2v) is 6.00. The lowest BCUT2D eigenvalue weighted by molar-refractivity contribution is -0.160. The van der Waals surface area contributed by atoms with Gasteiger partial charge in [0.25, 0.3) is 0 Å². The zero-order chi connectivity index (χ0) is 14.5. The van der Waals surface area contributed by atoms with Gasteiger partial charge in [0.15, 0.2) is 0 Å². The summed E-state index contributed by atoms with van der Waals surface area (Å²) in [6, 6.07) is -0.450. The van der Waals surface area contributed by atoms with Gasteiger partial charge in [-0.1, -0.05) is 13.8 Å². The minimum absolute atomic E-state index is 0.0230. The summed E-state index contributed by atoms with van der Waals surface area (Å²) in [4.78, 5) is 25.8. The van der Waals surface area contributed by atoms with Gasteiger partial charge in [-0.25, -0.2) is 4.79 Å². The normalized spacial score (nSPS) is 25.1. The summed E-state index contributed by atoms with van der Waals surface area (Å²) < 4.78 is 11.0. The second kappa shape index (κ2) is 7.07. The van der Waals surface area contributed by atoms with Crippen LogP contribution in [0.2, 0.25) is 0 Å². The Balaban J connectivity index is 1.88. The Morgan fingerprint density at radius 1 is 1.40 bits per heavy atom. The van der Waals surface area contributed by atoms with Crippen molar-refractivity contribution >= 4 is 11.9 Å². The molecule has 2 rings (SSSR count). The minimum Gasteiger partial charge on any atom is -0.461 e. The third-order valence-electron chi connectivity index (χ3n) is 4.00. The molecule has 0 N–H and O–H groups in total. The number of likely N-dealkylation sites (tertiary alicyclic amines) is 1. The molecular formula is C15H25NO4. The Hall–Kier alpha value is -1.10. The van der Waals surface area contributed by atoms with Crippen LogP contribution in [0.15, 0.2) is 0 Å². The summed E-state index contributed by atoms with van der Waals surface area (Å²) in [5, 5.41) is 0. The maximum absolute atomic E-state index is 12.3. The average molecular weight is 283 g/mol. The van der Waals surface area contributed by atoms with E-state index in [0.717, 1.165) is 32.3 Å². The van der Waals surface area contributed by atoms with Gasteiger partial charge in [0.05, 0.1) is 6.10 Å². The number of carbonyl (C=O) groups excluding carboxylic acids is 2. The van der Waals surface area contributed by atoms with Gasteiger partial charge in [-0.2, -0.15) is 0 Å². The van der Waals surface area contributed by atoms with Crippen molar-refractivity contribution in [3.63, 3.8) is 0 Å². The Morgan fingerprint density at radius 2 is 2.20 bits per heavy atom. The summed E-state index contributed by atoms with van der Waals surface area (Å²) in [5.74, 6) is -0.157. The highest BCUT2D eigenvalue weighted by Crippen LogP contribution is 2.21. The van der Waals surface area contributed by atoms with E-state index in [-0.39, 0.29) is 23.9 Å². The van der Waals surface area contributed by atoms with E-state index < -0.39 is 6.04 Å². The molecule has 2 aliphatic rings. The lowest BCUT2D eigenvalue weighted by atomic mass is 10.0. The summed E-state index contributed by atoms with van der Waals surface area (Å²) in [5.41, 5.74) is 0. The molecule has 0 aromatic rings. The van der Waals surface area contributed by atoms with Gasteiger partial charge < -0.3 is 14.4 Å². The van der Waals surface area contributed by atoms with Gasteiger partial charge in [0.2, 0.25) is 5.91 Å². The topological polar surface area (TPSA) is 55.8 Å². The van der Waals surface area contributed by atoms with E-state index in [1.54, 1.807) is 4.90 Å². The molecule has 2 fully saturated rings. The second-order valence-electron chi connectivity index (χ2n) is 6.00. The molecule has 0 aliphatic carbocycles. The maximum Gasteiger partial charge on any atom is 0.329 e. The molecule has 0 unspecified atom stereocenters. The third kappa shape index (κ3) is 3.72. The van der Waals surface area contributed by atoms with Gasteiger partial charge in [-0.05, 0) is 31.6 Å². The van der Waals surface area contributed by atoms with E-state index in [2.05, 4.69) is 0 Å². The van der Waals surface area contributed by atoms with Crippen molar-refractivity contribution in [2.75, 3.05) is 19.8 Å². The van der Waals surface area contributed by atoms with Crippen LogP contribution in [-0.4, -0.2) is 48.7 Å². The molecule has 114 valence electrons. The molecule has 0 aromatic heterocycles. The predicted octanol–water partition coefficient (Wildman–Crippen LogP) is 1.75. The van der Waals surface area contributed by atoms with E-state index in [0.29, 0.717) is 19.6 Å². The first-order valence-electron chi connectivity index (χ1n) is 7.67. The number of esters is 1. The van der Waals surface area contributed by atoms with Crippen molar-refractivity contribution in [3.05, 3.63) is 0 Å². The van der Waals surface area contributed by atoms with E-state index in [9.17, 15) is 9.59 Å². The van der Waals surface area contributed by atoms with E-state index in [1.807, 2.05) is 13.8 Å². The maximum atomic E-state index is 12.3. The lowest BCUT2D eigenvalue weighted by Crippen LogP contribution is -2.46. The van der Waals surface area contributed by atoms with E-state index >= 15 is 0 Å². The predicted molar refractivity (Wildman–Crippen MR) is 74.1 cm³/mol. The fraction of sp³-hybridized carbons (Fsp3) is 0.867. The highest BCUT2D eigenvalue weighted by Gasteiger charge is 2.36. The number of nitrogens with zero attached hydrogens (tertiary/aromatic N) is 1. The molecule has 2 heterocycles. The number of hydrogen-bond acceptors (Lipinski definition) is 4. The molecule has 2 aliphatic heterocycles. The fourth-order valence-corrected chi connectivity index (χ4v) is 2.92. The molecule has 0 aromatic carbocycles. The van der Waals surface area contributed by atoms with Crippen molar-refractivity contribution in [2.24, 2.45) is 5.92 Å². The van der Waals surface area contributed by atoms with Gasteiger partial charge in [0.1, 0.15) is 12.6 Å². The molecule has 20 heavy (non-hydrogen) atoms. The van der Waals surface area contributed by atoms with Crippen LogP contribution in [0.1, 0.15) is 46.0 Å². The van der Waals surface area contributed by atoms with Crippen molar-refractivity contribution in [1.29, 1.82) is 0 Å². The highest BCUT2D eigenvalue weighted by molar-refractivity contribution is 5.86. The van der Waals surface area contributed by atoms with Crippen molar-refractivity contribution in [1.82, 2.24) is 4.90 Å². The van der Waals surface area contributed by atoms with E-state index in [1.165, 1.54) is 0 Å². The quantitative estimate of drug-likeness (QED) is 0.721. The largest absolute Gasteiger partial charge is 0.461 e. The first-order chi connectivity index (χ1) is 9.59. The number of amides is 1. The lowest BCUT2D eigenvalue weighted by Gasteiger charge is -2.30. The molecule has 2 atom stereocenters. The fourth-order valence-electron chi connectivity index (χ4n) is 2.92. The molecule has 0 bridgehead atoms. The molecule has 1 amide bonds. The summed E-state index contributed by atoms with van der Waals surface area (Å²) in [7, 11) is 0. The third-order valence-corrected chi connectivity index (χ3v) is 4.00. The highest BCUT2D eigenvalue weighted by atomic mass is 16.6. The van der Waals surface area contributed by atoms with Crippen LogP contribution in [0.5, 0.6) is 0 Å². The van der Waals surface area contributed by atoms with Gasteiger partial charge >= 0.3 is 5.97 Å². The molecule has 5 nitrogen and oxygen atoms in total. The van der Waals surface area contributed by atoms with Gasteiger partial charge in [-0.15, -0.1) is 0 Å². The monoisotopic (exact) mass is 283 g/mol. The Kier molecular flexibility index (Phi) is 5.40. The van der Waals surface area contributed by atoms with Crippen LogP contribution in [0.25, 0.3) is 0 Å². The number of ether oxygens (including phenoxy) is 2. The number of hydrogen-bond donors (Lipinski definition) is 0. The van der Waals surface area contributed by atoms with Crippen LogP contribution in [0.3, 0.4) is 0 Å². The standard InChI is InChI=1S/C15H25NO4/c1-11(2)14(16-8-5-7-13(16)17)15(18)20-10-12-6-3-4-9-19-12/h11-12,14H,3-10H2,1-2H3/t12-,14-/m1/s1.